The van der Waals surface area contributed by atoms with Crippen molar-refractivity contribution >= 4 is 11.8 Å². The maximum Gasteiger partial charge on any atom is 0.119 e. The average molecular weight is 247 g/mol. The third kappa shape index (κ3) is 3.14. The van der Waals surface area contributed by atoms with E-state index in [0.29, 0.717) is 0 Å². The van der Waals surface area contributed by atoms with E-state index in [1.165, 1.54) is 4.90 Å². The van der Waals surface area contributed by atoms with E-state index >= 15 is 0 Å². The zero-order chi connectivity index (χ0) is 12.3. The summed E-state index contributed by atoms with van der Waals surface area (Å²) in [6, 6.07) is 14.3. The number of thioether (sulfide) groups is 1. The minimum absolute atomic E-state index is 0.0470. The molecule has 0 amide bonds. The number of hydrogen-bond acceptors (Lipinski definition) is 3. The molecule has 0 saturated heterocycles. The molecule has 0 radical (unpaired) electrons. The van der Waals surface area contributed by atoms with Crippen molar-refractivity contribution in [2.45, 2.75) is 30.0 Å². The van der Waals surface area contributed by atoms with Gasteiger partial charge in [0, 0.05) is 10.9 Å². The van der Waals surface area contributed by atoms with Crippen LogP contribution >= 0.6 is 11.8 Å². The second-order valence-electron chi connectivity index (χ2n) is 4.16. The lowest BCUT2D eigenvalue weighted by Crippen LogP contribution is -2.22. The SMILES string of the molecule is Cc1ccc(C(Sc2ccccc2)C(C)N)o1. The third-order valence-electron chi connectivity index (χ3n) is 2.53. The molecule has 1 aromatic heterocycles. The molecule has 2 rings (SSSR count). The highest BCUT2D eigenvalue weighted by Crippen LogP contribution is 2.37. The summed E-state index contributed by atoms with van der Waals surface area (Å²) in [4.78, 5) is 1.21. The van der Waals surface area contributed by atoms with Crippen molar-refractivity contribution in [1.29, 1.82) is 0 Å². The number of rotatable bonds is 4. The number of hydrogen-bond donors (Lipinski definition) is 1. The van der Waals surface area contributed by atoms with Crippen molar-refractivity contribution in [2.24, 2.45) is 5.73 Å². The molecule has 2 nitrogen and oxygen atoms in total. The number of benzene rings is 1. The second kappa shape index (κ2) is 5.43. The minimum atomic E-state index is 0.0470. The fourth-order valence-corrected chi connectivity index (χ4v) is 2.74. The van der Waals surface area contributed by atoms with E-state index in [4.69, 9.17) is 10.2 Å². The number of aryl methyl sites for hydroxylation is 1. The first-order valence-corrected chi connectivity index (χ1v) is 6.58. The van der Waals surface area contributed by atoms with Gasteiger partial charge in [0.2, 0.25) is 0 Å². The smallest absolute Gasteiger partial charge is 0.119 e. The molecule has 0 aliphatic heterocycles. The highest BCUT2D eigenvalue weighted by molar-refractivity contribution is 7.99. The number of nitrogens with two attached hydrogens (primary N) is 1. The first kappa shape index (κ1) is 12.3. The van der Waals surface area contributed by atoms with Gasteiger partial charge in [0.15, 0.2) is 0 Å². The van der Waals surface area contributed by atoms with Crippen molar-refractivity contribution in [3.63, 3.8) is 0 Å². The van der Waals surface area contributed by atoms with Crippen LogP contribution in [0.3, 0.4) is 0 Å². The van der Waals surface area contributed by atoms with E-state index in [0.717, 1.165) is 11.5 Å². The Labute approximate surface area is 106 Å². The zero-order valence-electron chi connectivity index (χ0n) is 10.1. The van der Waals surface area contributed by atoms with Gasteiger partial charge < -0.3 is 10.2 Å². The Balaban J connectivity index is 2.19. The van der Waals surface area contributed by atoms with Gasteiger partial charge in [-0.25, -0.2) is 0 Å². The topological polar surface area (TPSA) is 39.2 Å². The van der Waals surface area contributed by atoms with Crippen LogP contribution in [0.25, 0.3) is 0 Å². The molecule has 17 heavy (non-hydrogen) atoms. The summed E-state index contributed by atoms with van der Waals surface area (Å²) in [5, 5.41) is 0.158. The van der Waals surface area contributed by atoms with Crippen molar-refractivity contribution in [3.8, 4) is 0 Å². The van der Waals surface area contributed by atoms with Crippen LogP contribution in [-0.2, 0) is 0 Å². The summed E-state index contributed by atoms with van der Waals surface area (Å²) in [6.45, 7) is 3.97. The molecule has 2 atom stereocenters. The van der Waals surface area contributed by atoms with Gasteiger partial charge >= 0.3 is 0 Å². The Morgan fingerprint density at radius 1 is 1.12 bits per heavy atom. The summed E-state index contributed by atoms with van der Waals surface area (Å²) >= 11 is 1.74. The molecule has 2 aromatic rings. The molecule has 2 N–H and O–H groups in total. The van der Waals surface area contributed by atoms with E-state index in [9.17, 15) is 0 Å². The lowest BCUT2D eigenvalue weighted by atomic mass is 10.2. The van der Waals surface area contributed by atoms with Crippen LogP contribution in [0.2, 0.25) is 0 Å². The Bertz CT molecular complexity index is 464. The maximum atomic E-state index is 6.04. The fourth-order valence-electron chi connectivity index (χ4n) is 1.68. The van der Waals surface area contributed by atoms with E-state index in [2.05, 4.69) is 12.1 Å². The van der Waals surface area contributed by atoms with Crippen molar-refractivity contribution < 1.29 is 4.42 Å². The lowest BCUT2D eigenvalue weighted by molar-refractivity contribution is 0.465. The Hall–Kier alpha value is -1.19. The van der Waals surface area contributed by atoms with E-state index in [1.54, 1.807) is 11.8 Å². The largest absolute Gasteiger partial charge is 0.465 e. The summed E-state index contributed by atoms with van der Waals surface area (Å²) in [6.07, 6.45) is 0. The van der Waals surface area contributed by atoms with Crippen LogP contribution < -0.4 is 5.73 Å². The molecular weight excluding hydrogens is 230 g/mol. The summed E-state index contributed by atoms with van der Waals surface area (Å²) in [5.41, 5.74) is 6.04. The molecule has 0 spiro atoms. The summed E-state index contributed by atoms with van der Waals surface area (Å²) in [7, 11) is 0. The normalized spacial score (nSPS) is 14.5. The molecule has 2 unspecified atom stereocenters. The molecule has 3 heteroatoms. The van der Waals surface area contributed by atoms with Crippen molar-refractivity contribution in [3.05, 3.63) is 54.0 Å². The van der Waals surface area contributed by atoms with Crippen LogP contribution in [0.1, 0.15) is 23.7 Å². The average Bonchev–Trinajstić information content (AvgIpc) is 2.73. The Morgan fingerprint density at radius 3 is 2.35 bits per heavy atom. The van der Waals surface area contributed by atoms with Crippen molar-refractivity contribution in [2.75, 3.05) is 0 Å². The zero-order valence-corrected chi connectivity index (χ0v) is 10.9. The highest BCUT2D eigenvalue weighted by atomic mass is 32.2. The van der Waals surface area contributed by atoms with Gasteiger partial charge in [0.05, 0.1) is 5.25 Å². The van der Waals surface area contributed by atoms with Crippen LogP contribution in [0.4, 0.5) is 0 Å². The Kier molecular flexibility index (Phi) is 3.92. The molecule has 1 heterocycles. The monoisotopic (exact) mass is 247 g/mol. The first-order valence-electron chi connectivity index (χ1n) is 5.70. The molecule has 0 aliphatic rings. The molecule has 1 aromatic carbocycles. The fraction of sp³-hybridized carbons (Fsp3) is 0.286. The van der Waals surface area contributed by atoms with Crippen molar-refractivity contribution in [1.82, 2.24) is 0 Å². The van der Waals surface area contributed by atoms with Gasteiger partial charge in [-0.2, -0.15) is 0 Å². The maximum absolute atomic E-state index is 6.04. The van der Waals surface area contributed by atoms with E-state index in [1.807, 2.05) is 44.2 Å². The lowest BCUT2D eigenvalue weighted by Gasteiger charge is -2.18. The Morgan fingerprint density at radius 2 is 1.82 bits per heavy atom. The second-order valence-corrected chi connectivity index (χ2v) is 5.37. The molecular formula is C14H17NOS. The quantitative estimate of drug-likeness (QED) is 0.836. The summed E-state index contributed by atoms with van der Waals surface area (Å²) in [5.74, 6) is 1.88. The van der Waals surface area contributed by atoms with Crippen LogP contribution in [0.5, 0.6) is 0 Å². The van der Waals surface area contributed by atoms with Crippen LogP contribution in [-0.4, -0.2) is 6.04 Å². The molecule has 0 bridgehead atoms. The van der Waals surface area contributed by atoms with E-state index in [-0.39, 0.29) is 11.3 Å². The summed E-state index contributed by atoms with van der Waals surface area (Å²) < 4.78 is 5.68. The van der Waals surface area contributed by atoms with Gasteiger partial charge in [-0.1, -0.05) is 18.2 Å². The van der Waals surface area contributed by atoms with E-state index < -0.39 is 0 Å². The van der Waals surface area contributed by atoms with Crippen LogP contribution in [0.15, 0.2) is 51.8 Å². The molecule has 0 aliphatic carbocycles. The standard InChI is InChI=1S/C14H17NOS/c1-10-8-9-13(16-10)14(11(2)15)17-12-6-4-3-5-7-12/h3-9,11,14H,15H2,1-2H3. The van der Waals surface area contributed by atoms with Gasteiger partial charge in [-0.15, -0.1) is 11.8 Å². The predicted molar refractivity (Wildman–Crippen MR) is 72.1 cm³/mol. The van der Waals surface area contributed by atoms with Gasteiger partial charge in [-0.3, -0.25) is 0 Å². The predicted octanol–water partition coefficient (Wildman–Crippen LogP) is 3.77. The number of furan rings is 1. The third-order valence-corrected chi connectivity index (χ3v) is 3.99. The van der Waals surface area contributed by atoms with Crippen LogP contribution in [0, 0.1) is 6.92 Å². The van der Waals surface area contributed by atoms with Gasteiger partial charge in [0.1, 0.15) is 11.5 Å². The molecule has 0 fully saturated rings. The van der Waals surface area contributed by atoms with Gasteiger partial charge in [-0.05, 0) is 38.1 Å². The minimum Gasteiger partial charge on any atom is -0.465 e. The highest BCUT2D eigenvalue weighted by Gasteiger charge is 2.20. The molecule has 90 valence electrons. The van der Waals surface area contributed by atoms with Gasteiger partial charge in [0.25, 0.3) is 0 Å². The molecule has 0 saturated carbocycles. The first-order chi connectivity index (χ1) is 8.16.